The van der Waals surface area contributed by atoms with Crippen molar-refractivity contribution in [2.24, 2.45) is 0 Å². The van der Waals surface area contributed by atoms with Gasteiger partial charge >= 0.3 is 0 Å². The molecule has 2 rings (SSSR count). The van der Waals surface area contributed by atoms with Crippen LogP contribution in [-0.2, 0) is 0 Å². The van der Waals surface area contributed by atoms with Crippen molar-refractivity contribution in [1.29, 1.82) is 0 Å². The minimum absolute atomic E-state index is 0.0922. The van der Waals surface area contributed by atoms with Crippen molar-refractivity contribution in [3.05, 3.63) is 4.88 Å². The number of carbonyl (C=O) groups is 1. The molecule has 0 spiro atoms. The molecule has 7 heteroatoms. The maximum atomic E-state index is 11.8. The molecule has 0 radical (unpaired) electrons. The Kier molecular flexibility index (Phi) is 4.69. The zero-order chi connectivity index (χ0) is 13.1. The molecule has 18 heavy (non-hydrogen) atoms. The van der Waals surface area contributed by atoms with E-state index >= 15 is 0 Å². The normalized spacial score (nSPS) is 15.8. The molecule has 0 atom stereocenters. The zero-order valence-corrected chi connectivity index (χ0v) is 12.9. The highest BCUT2D eigenvalue weighted by Crippen LogP contribution is 2.44. The number of thiophene rings is 1. The summed E-state index contributed by atoms with van der Waals surface area (Å²) in [5, 5.41) is 3.80. The van der Waals surface area contributed by atoms with Crippen LogP contribution in [-0.4, -0.2) is 43.8 Å². The molecule has 0 saturated carbocycles. The molecule has 2 heterocycles. The first-order valence-corrected chi connectivity index (χ1v) is 8.89. The molecular formula is C11H17N3OS3. The van der Waals surface area contributed by atoms with E-state index in [4.69, 9.17) is 5.73 Å². The Labute approximate surface area is 120 Å². The van der Waals surface area contributed by atoms with Crippen LogP contribution in [0.3, 0.4) is 0 Å². The Hall–Kier alpha value is -0.530. The van der Waals surface area contributed by atoms with Crippen LogP contribution >= 0.6 is 34.9 Å². The topological polar surface area (TPSA) is 58.4 Å². The van der Waals surface area contributed by atoms with Crippen molar-refractivity contribution in [1.82, 2.24) is 5.32 Å². The van der Waals surface area contributed by atoms with Gasteiger partial charge in [0.25, 0.3) is 5.91 Å². The molecule has 1 amide bonds. The first-order chi connectivity index (χ1) is 8.69. The van der Waals surface area contributed by atoms with Crippen LogP contribution in [0.25, 0.3) is 0 Å². The van der Waals surface area contributed by atoms with Gasteiger partial charge in [0.1, 0.15) is 9.88 Å². The molecule has 3 N–H and O–H groups in total. The Balaban J connectivity index is 2.36. The van der Waals surface area contributed by atoms with Crippen LogP contribution < -0.4 is 16.0 Å². The number of hydrogen-bond acceptors (Lipinski definition) is 6. The Morgan fingerprint density at radius 3 is 2.67 bits per heavy atom. The molecule has 1 aliphatic heterocycles. The first-order valence-electron chi connectivity index (χ1n) is 5.70. The van der Waals surface area contributed by atoms with Crippen molar-refractivity contribution in [3.8, 4) is 0 Å². The lowest BCUT2D eigenvalue weighted by atomic mass is 10.3. The average molecular weight is 303 g/mol. The van der Waals surface area contributed by atoms with Crippen LogP contribution in [0.1, 0.15) is 9.67 Å². The Bertz CT molecular complexity index is 441. The van der Waals surface area contributed by atoms with Gasteiger partial charge in [0, 0.05) is 31.6 Å². The highest BCUT2D eigenvalue weighted by molar-refractivity contribution is 7.99. The number of nitrogen functional groups attached to an aromatic ring is 1. The predicted molar refractivity (Wildman–Crippen MR) is 83.4 cm³/mol. The zero-order valence-electron chi connectivity index (χ0n) is 10.5. The van der Waals surface area contributed by atoms with Crippen molar-refractivity contribution in [2.75, 3.05) is 48.5 Å². The van der Waals surface area contributed by atoms with E-state index in [1.165, 1.54) is 11.3 Å². The molecule has 4 nitrogen and oxygen atoms in total. The van der Waals surface area contributed by atoms with E-state index in [1.54, 1.807) is 18.8 Å². The fourth-order valence-electron chi connectivity index (χ4n) is 1.87. The lowest BCUT2D eigenvalue weighted by molar-refractivity contribution is 0.0968. The summed E-state index contributed by atoms with van der Waals surface area (Å²) in [6.07, 6.45) is 2.01. The van der Waals surface area contributed by atoms with Gasteiger partial charge in [0.2, 0.25) is 0 Å². The third-order valence-electron chi connectivity index (χ3n) is 2.82. The molecule has 0 bridgehead atoms. The van der Waals surface area contributed by atoms with Crippen LogP contribution in [0.4, 0.5) is 10.7 Å². The summed E-state index contributed by atoms with van der Waals surface area (Å²) in [5.41, 5.74) is 6.72. The number of rotatable bonds is 3. The summed E-state index contributed by atoms with van der Waals surface area (Å²) < 4.78 is 0. The van der Waals surface area contributed by atoms with Gasteiger partial charge in [-0.1, -0.05) is 0 Å². The Morgan fingerprint density at radius 2 is 2.11 bits per heavy atom. The number of anilines is 2. The summed E-state index contributed by atoms with van der Waals surface area (Å²) in [4.78, 5) is 15.8. The van der Waals surface area contributed by atoms with Crippen molar-refractivity contribution >= 4 is 51.5 Å². The smallest absolute Gasteiger partial charge is 0.263 e. The van der Waals surface area contributed by atoms with Crippen molar-refractivity contribution < 1.29 is 4.79 Å². The largest absolute Gasteiger partial charge is 0.396 e. The lowest BCUT2D eigenvalue weighted by Gasteiger charge is -2.27. The van der Waals surface area contributed by atoms with Gasteiger partial charge in [-0.15, -0.1) is 23.1 Å². The molecule has 0 unspecified atom stereocenters. The maximum Gasteiger partial charge on any atom is 0.263 e. The van der Waals surface area contributed by atoms with Gasteiger partial charge in [-0.05, 0) is 6.26 Å². The third kappa shape index (κ3) is 2.57. The number of nitrogens with one attached hydrogen (secondary N) is 1. The van der Waals surface area contributed by atoms with E-state index in [0.717, 1.165) is 34.5 Å². The van der Waals surface area contributed by atoms with Gasteiger partial charge in [-0.25, -0.2) is 0 Å². The Morgan fingerprint density at radius 1 is 1.44 bits per heavy atom. The number of hydrogen-bond donors (Lipinski definition) is 2. The number of amides is 1. The van der Waals surface area contributed by atoms with Gasteiger partial charge in [0.05, 0.1) is 10.6 Å². The maximum absolute atomic E-state index is 11.8. The lowest BCUT2D eigenvalue weighted by Crippen LogP contribution is -2.32. The van der Waals surface area contributed by atoms with Gasteiger partial charge in [-0.3, -0.25) is 4.79 Å². The first kappa shape index (κ1) is 13.9. The van der Waals surface area contributed by atoms with E-state index in [9.17, 15) is 4.79 Å². The number of thioether (sulfide) groups is 2. The fourth-order valence-corrected chi connectivity index (χ4v) is 4.95. The van der Waals surface area contributed by atoms with Crippen LogP contribution in [0.5, 0.6) is 0 Å². The van der Waals surface area contributed by atoms with Gasteiger partial charge in [-0.2, -0.15) is 11.8 Å². The van der Waals surface area contributed by atoms with Crippen LogP contribution in [0.2, 0.25) is 0 Å². The van der Waals surface area contributed by atoms with E-state index in [-0.39, 0.29) is 5.91 Å². The third-order valence-corrected chi connectivity index (χ3v) is 5.98. The van der Waals surface area contributed by atoms with E-state index in [0.29, 0.717) is 10.6 Å². The van der Waals surface area contributed by atoms with E-state index in [2.05, 4.69) is 10.2 Å². The molecule has 0 aliphatic carbocycles. The standard InChI is InChI=1S/C11H17N3OS3/c1-13-10(15)8-7(12)9(16-2)11(18-8)14-3-5-17-6-4-14/h3-6,12H2,1-2H3,(H,13,15). The minimum atomic E-state index is -0.0922. The molecule has 1 aromatic heterocycles. The predicted octanol–water partition coefficient (Wildman–Crippen LogP) is 1.96. The van der Waals surface area contributed by atoms with Gasteiger partial charge in [0.15, 0.2) is 0 Å². The quantitative estimate of drug-likeness (QED) is 0.836. The second kappa shape index (κ2) is 6.08. The summed E-state index contributed by atoms with van der Waals surface area (Å²) in [6.45, 7) is 2.07. The van der Waals surface area contributed by atoms with Crippen molar-refractivity contribution in [3.63, 3.8) is 0 Å². The van der Waals surface area contributed by atoms with E-state index in [1.807, 2.05) is 18.0 Å². The second-order valence-electron chi connectivity index (χ2n) is 3.86. The molecule has 1 fully saturated rings. The average Bonchev–Trinajstić information content (AvgIpc) is 2.76. The molecule has 1 aromatic rings. The molecular weight excluding hydrogens is 286 g/mol. The minimum Gasteiger partial charge on any atom is -0.396 e. The summed E-state index contributed by atoms with van der Waals surface area (Å²) in [6, 6.07) is 0. The number of carbonyl (C=O) groups excluding carboxylic acids is 1. The summed E-state index contributed by atoms with van der Waals surface area (Å²) >= 11 is 5.10. The summed E-state index contributed by atoms with van der Waals surface area (Å²) in [7, 11) is 1.64. The van der Waals surface area contributed by atoms with Crippen LogP contribution in [0, 0.1) is 0 Å². The summed E-state index contributed by atoms with van der Waals surface area (Å²) in [5.74, 6) is 2.19. The molecule has 1 saturated heterocycles. The number of nitrogens with two attached hydrogens (primary N) is 1. The van der Waals surface area contributed by atoms with Crippen molar-refractivity contribution in [2.45, 2.75) is 4.90 Å². The van der Waals surface area contributed by atoms with E-state index < -0.39 is 0 Å². The molecule has 0 aromatic carbocycles. The second-order valence-corrected chi connectivity index (χ2v) is 6.90. The SMILES string of the molecule is CNC(=O)c1sc(N2CCSCC2)c(SC)c1N. The molecule has 100 valence electrons. The van der Waals surface area contributed by atoms with Crippen LogP contribution in [0.15, 0.2) is 4.90 Å². The fraction of sp³-hybridized carbons (Fsp3) is 0.545. The molecule has 1 aliphatic rings. The number of nitrogens with zero attached hydrogens (tertiary/aromatic N) is 1. The van der Waals surface area contributed by atoms with Gasteiger partial charge < -0.3 is 16.0 Å². The monoisotopic (exact) mass is 303 g/mol. The highest BCUT2D eigenvalue weighted by atomic mass is 32.2. The highest BCUT2D eigenvalue weighted by Gasteiger charge is 2.24.